The van der Waals surface area contributed by atoms with Crippen molar-refractivity contribution in [1.29, 1.82) is 0 Å². The monoisotopic (exact) mass is 319 g/mol. The van der Waals surface area contributed by atoms with Gasteiger partial charge in [0.25, 0.3) is 11.7 Å². The molecule has 0 fully saturated rings. The average molecular weight is 320 g/mol. The summed E-state index contributed by atoms with van der Waals surface area (Å²) in [6.45, 7) is 0. The van der Waals surface area contributed by atoms with Crippen LogP contribution in [0.4, 0.5) is 5.69 Å². The summed E-state index contributed by atoms with van der Waals surface area (Å²) in [6.07, 6.45) is 0. The Bertz CT molecular complexity index is 801. The van der Waals surface area contributed by atoms with Gasteiger partial charge in [-0.05, 0) is 30.3 Å². The molecule has 0 saturated heterocycles. The fraction of sp³-hybridized carbons (Fsp3) is 0. The Kier molecular flexibility index (Phi) is 3.27. The van der Waals surface area contributed by atoms with Crippen LogP contribution in [0.1, 0.15) is 20.7 Å². The van der Waals surface area contributed by atoms with Gasteiger partial charge in [0.2, 0.25) is 0 Å². The van der Waals surface area contributed by atoms with Gasteiger partial charge in [0.15, 0.2) is 0 Å². The highest BCUT2D eigenvalue weighted by Crippen LogP contribution is 2.31. The predicted molar refractivity (Wildman–Crippen MR) is 79.1 cm³/mol. The van der Waals surface area contributed by atoms with E-state index in [0.717, 1.165) is 4.90 Å². The molecular weight excluding hydrogens is 313 g/mol. The number of nitrogens with zero attached hydrogens (tertiary/aromatic N) is 1. The number of carbonyl (C=O) groups is 3. The number of ketones is 1. The smallest absolute Gasteiger partial charge is 0.283 e. The Morgan fingerprint density at radius 2 is 1.67 bits per heavy atom. The van der Waals surface area contributed by atoms with Gasteiger partial charge in [0.05, 0.1) is 21.3 Å². The van der Waals surface area contributed by atoms with E-state index in [1.54, 1.807) is 18.2 Å². The normalized spacial score (nSPS) is 13.5. The zero-order chi connectivity index (χ0) is 15.1. The minimum absolute atomic E-state index is 0.183. The molecule has 2 amide bonds. The van der Waals surface area contributed by atoms with Gasteiger partial charge < -0.3 is 0 Å². The predicted octanol–water partition coefficient (Wildman–Crippen LogP) is 3.36. The molecule has 2 aromatic rings. The van der Waals surface area contributed by atoms with Crippen molar-refractivity contribution < 1.29 is 14.4 Å². The molecule has 3 rings (SSSR count). The van der Waals surface area contributed by atoms with Gasteiger partial charge in [-0.2, -0.15) is 0 Å². The maximum absolute atomic E-state index is 12.5. The Hall–Kier alpha value is -2.17. The molecule has 6 heteroatoms. The number of para-hydroxylation sites is 1. The Morgan fingerprint density at radius 3 is 2.38 bits per heavy atom. The number of halogens is 2. The number of carbonyl (C=O) groups excluding carboxylic acids is 3. The lowest BCUT2D eigenvalue weighted by Crippen LogP contribution is -2.35. The van der Waals surface area contributed by atoms with E-state index >= 15 is 0 Å². The van der Waals surface area contributed by atoms with Crippen LogP contribution in [-0.4, -0.2) is 17.6 Å². The lowest BCUT2D eigenvalue weighted by molar-refractivity contribution is -0.113. The second-order valence-electron chi connectivity index (χ2n) is 4.42. The SMILES string of the molecule is O=C1C(=O)N(C(=O)c2ccc(Cl)c(Cl)c2)c2ccccc21. The van der Waals surface area contributed by atoms with Crippen LogP contribution in [0.25, 0.3) is 0 Å². The first kappa shape index (κ1) is 13.8. The number of hydrogen-bond acceptors (Lipinski definition) is 3. The van der Waals surface area contributed by atoms with E-state index in [4.69, 9.17) is 23.2 Å². The molecular formula is C15H7Cl2NO3. The fourth-order valence-electron chi connectivity index (χ4n) is 2.15. The van der Waals surface area contributed by atoms with Crippen LogP contribution in [0.2, 0.25) is 10.0 Å². The molecule has 2 aromatic carbocycles. The maximum atomic E-state index is 12.5. The Balaban J connectivity index is 2.08. The summed E-state index contributed by atoms with van der Waals surface area (Å²) in [7, 11) is 0. The molecule has 0 unspecified atom stereocenters. The van der Waals surface area contributed by atoms with Crippen LogP contribution in [-0.2, 0) is 4.79 Å². The van der Waals surface area contributed by atoms with Gasteiger partial charge in [-0.15, -0.1) is 0 Å². The topological polar surface area (TPSA) is 54.5 Å². The quantitative estimate of drug-likeness (QED) is 0.598. The Labute approximate surface area is 129 Å². The summed E-state index contributed by atoms with van der Waals surface area (Å²) >= 11 is 11.7. The fourth-order valence-corrected chi connectivity index (χ4v) is 2.44. The molecule has 1 aliphatic heterocycles. The van der Waals surface area contributed by atoms with Crippen LogP contribution in [0.15, 0.2) is 42.5 Å². The first-order chi connectivity index (χ1) is 10.0. The lowest BCUT2D eigenvalue weighted by atomic mass is 10.1. The van der Waals surface area contributed by atoms with Crippen molar-refractivity contribution in [2.24, 2.45) is 0 Å². The Morgan fingerprint density at radius 1 is 0.952 bits per heavy atom. The van der Waals surface area contributed by atoms with E-state index in [2.05, 4.69) is 0 Å². The zero-order valence-corrected chi connectivity index (χ0v) is 12.0. The minimum atomic E-state index is -0.868. The summed E-state index contributed by atoms with van der Waals surface area (Å²) in [6, 6.07) is 10.6. The second kappa shape index (κ2) is 4.98. The largest absolute Gasteiger partial charge is 0.306 e. The van der Waals surface area contributed by atoms with Crippen LogP contribution in [0.3, 0.4) is 0 Å². The third kappa shape index (κ3) is 2.13. The standard InChI is InChI=1S/C15H7Cl2NO3/c16-10-6-5-8(7-11(10)17)14(20)18-12-4-2-1-3-9(12)13(19)15(18)21/h1-7H. The number of amides is 2. The molecule has 0 bridgehead atoms. The van der Waals surface area contributed by atoms with Crippen LogP contribution >= 0.6 is 23.2 Å². The van der Waals surface area contributed by atoms with E-state index in [0.29, 0.717) is 5.02 Å². The van der Waals surface area contributed by atoms with Crippen molar-refractivity contribution in [1.82, 2.24) is 0 Å². The van der Waals surface area contributed by atoms with Gasteiger partial charge in [0.1, 0.15) is 0 Å². The van der Waals surface area contributed by atoms with Crippen molar-refractivity contribution in [3.63, 3.8) is 0 Å². The maximum Gasteiger partial charge on any atom is 0.306 e. The van der Waals surface area contributed by atoms with Crippen LogP contribution in [0.5, 0.6) is 0 Å². The number of imide groups is 1. The molecule has 0 atom stereocenters. The van der Waals surface area contributed by atoms with Crippen LogP contribution in [0, 0.1) is 0 Å². The van der Waals surface area contributed by atoms with E-state index in [1.807, 2.05) is 0 Å². The number of benzene rings is 2. The lowest BCUT2D eigenvalue weighted by Gasteiger charge is -2.14. The van der Waals surface area contributed by atoms with Crippen molar-refractivity contribution in [3.8, 4) is 0 Å². The molecule has 0 aliphatic carbocycles. The molecule has 0 N–H and O–H groups in total. The average Bonchev–Trinajstić information content (AvgIpc) is 2.74. The summed E-state index contributed by atoms with van der Waals surface area (Å²) in [4.78, 5) is 37.2. The number of anilines is 1. The number of Topliss-reactive ketones (excluding diaryl/α,β-unsaturated/α-hetero) is 1. The number of hydrogen-bond donors (Lipinski definition) is 0. The molecule has 0 spiro atoms. The molecule has 0 saturated carbocycles. The van der Waals surface area contributed by atoms with Crippen molar-refractivity contribution in [2.45, 2.75) is 0 Å². The van der Waals surface area contributed by atoms with Gasteiger partial charge in [0, 0.05) is 5.56 Å². The third-order valence-corrected chi connectivity index (χ3v) is 3.90. The summed E-state index contributed by atoms with van der Waals surface area (Å²) in [5.41, 5.74) is 0.682. The highest BCUT2D eigenvalue weighted by atomic mass is 35.5. The van der Waals surface area contributed by atoms with Gasteiger partial charge in [-0.3, -0.25) is 14.4 Å². The van der Waals surface area contributed by atoms with Crippen molar-refractivity contribution >= 4 is 46.5 Å². The van der Waals surface area contributed by atoms with E-state index < -0.39 is 17.6 Å². The molecule has 1 heterocycles. The highest BCUT2D eigenvalue weighted by Gasteiger charge is 2.39. The summed E-state index contributed by atoms with van der Waals surface area (Å²) in [5.74, 6) is -2.18. The van der Waals surface area contributed by atoms with Gasteiger partial charge in [-0.1, -0.05) is 35.3 Å². The molecule has 4 nitrogen and oxygen atoms in total. The van der Waals surface area contributed by atoms with Gasteiger partial charge in [-0.25, -0.2) is 4.90 Å². The van der Waals surface area contributed by atoms with Gasteiger partial charge >= 0.3 is 5.91 Å². The number of fused-ring (bicyclic) bond motifs is 1. The first-order valence-electron chi connectivity index (χ1n) is 5.98. The minimum Gasteiger partial charge on any atom is -0.283 e. The molecule has 1 aliphatic rings. The second-order valence-corrected chi connectivity index (χ2v) is 5.24. The van der Waals surface area contributed by atoms with Crippen molar-refractivity contribution in [2.75, 3.05) is 4.90 Å². The highest BCUT2D eigenvalue weighted by molar-refractivity contribution is 6.57. The van der Waals surface area contributed by atoms with E-state index in [9.17, 15) is 14.4 Å². The molecule has 0 radical (unpaired) electrons. The molecule has 0 aromatic heterocycles. The van der Waals surface area contributed by atoms with E-state index in [-0.39, 0.29) is 21.8 Å². The summed E-state index contributed by atoms with van der Waals surface area (Å²) in [5, 5.41) is 0.506. The zero-order valence-electron chi connectivity index (χ0n) is 10.5. The third-order valence-electron chi connectivity index (χ3n) is 3.16. The molecule has 21 heavy (non-hydrogen) atoms. The van der Waals surface area contributed by atoms with E-state index in [1.165, 1.54) is 24.3 Å². The van der Waals surface area contributed by atoms with Crippen LogP contribution < -0.4 is 4.90 Å². The molecule has 104 valence electrons. The summed E-state index contributed by atoms with van der Waals surface area (Å²) < 4.78 is 0. The van der Waals surface area contributed by atoms with Crippen molar-refractivity contribution in [3.05, 3.63) is 63.6 Å². The number of rotatable bonds is 1. The first-order valence-corrected chi connectivity index (χ1v) is 6.73.